The summed E-state index contributed by atoms with van der Waals surface area (Å²) in [6.07, 6.45) is 8.31. The Morgan fingerprint density at radius 1 is 1.06 bits per heavy atom. The van der Waals surface area contributed by atoms with Crippen molar-refractivity contribution in [2.75, 3.05) is 6.54 Å². The van der Waals surface area contributed by atoms with E-state index in [0.29, 0.717) is 0 Å². The fraction of sp³-hybridized carbons (Fsp3) is 0.200. The van der Waals surface area contributed by atoms with Gasteiger partial charge in [-0.05, 0) is 40.5 Å². The Kier molecular flexibility index (Phi) is 2.48. The summed E-state index contributed by atoms with van der Waals surface area (Å²) in [7, 11) is 0. The second-order valence-electron chi connectivity index (χ2n) is 4.52. The molecule has 0 aromatic heterocycles. The quantitative estimate of drug-likeness (QED) is 0.738. The van der Waals surface area contributed by atoms with Crippen LogP contribution in [-0.4, -0.2) is 6.54 Å². The number of nitrogens with one attached hydrogen (secondary N) is 1. The number of hydrogen-bond donors (Lipinski definition) is 2. The van der Waals surface area contributed by atoms with E-state index < -0.39 is 0 Å². The second kappa shape index (κ2) is 4.13. The number of nitrogens with two attached hydrogens (primary N) is 1. The number of allylic oxidation sites excluding steroid dienone is 3. The van der Waals surface area contributed by atoms with Gasteiger partial charge in [0.15, 0.2) is 0 Å². The first-order valence-electron chi connectivity index (χ1n) is 6.02. The summed E-state index contributed by atoms with van der Waals surface area (Å²) in [5, 5.41) is 5.97. The molecule has 0 amide bonds. The molecule has 0 atom stereocenters. The Labute approximate surface area is 101 Å². The fourth-order valence-corrected chi connectivity index (χ4v) is 2.45. The lowest BCUT2D eigenvalue weighted by molar-refractivity contribution is 0.897. The highest BCUT2D eigenvalue weighted by Crippen LogP contribution is 2.22. The highest BCUT2D eigenvalue weighted by molar-refractivity contribution is 5.69. The molecule has 1 heterocycles. The lowest BCUT2D eigenvalue weighted by Gasteiger charge is -2.18. The second-order valence-corrected chi connectivity index (χ2v) is 4.52. The van der Waals surface area contributed by atoms with Gasteiger partial charge < -0.3 is 11.1 Å². The molecule has 1 aromatic carbocycles. The van der Waals surface area contributed by atoms with Crippen LogP contribution in [0, 0.1) is 0 Å². The predicted octanol–water partition coefficient (Wildman–Crippen LogP) is 0.741. The van der Waals surface area contributed by atoms with Crippen LogP contribution in [0.4, 0.5) is 0 Å². The lowest BCUT2D eigenvalue weighted by Crippen LogP contribution is -2.36. The molecule has 0 saturated heterocycles. The van der Waals surface area contributed by atoms with Crippen molar-refractivity contribution in [3.8, 4) is 0 Å². The third-order valence-corrected chi connectivity index (χ3v) is 3.39. The molecule has 86 valence electrons. The Bertz CT molecular complexity index is 621. The first-order valence-corrected chi connectivity index (χ1v) is 6.02. The topological polar surface area (TPSA) is 38.0 Å². The molecule has 2 heteroatoms. The van der Waals surface area contributed by atoms with E-state index in [1.54, 1.807) is 0 Å². The minimum absolute atomic E-state index is 0.913. The highest BCUT2D eigenvalue weighted by atomic mass is 14.8. The molecule has 0 bridgehead atoms. The molecular formula is C15H16N2. The summed E-state index contributed by atoms with van der Waals surface area (Å²) in [4.78, 5) is 0. The maximum atomic E-state index is 5.81. The average molecular weight is 224 g/mol. The third kappa shape index (κ3) is 1.86. The molecule has 0 fully saturated rings. The number of rotatable bonds is 1. The smallest absolute Gasteiger partial charge is 0.0404 e. The van der Waals surface area contributed by atoms with Gasteiger partial charge in [-0.2, -0.15) is 0 Å². The van der Waals surface area contributed by atoms with Crippen molar-refractivity contribution >= 4 is 11.8 Å². The molecule has 0 radical (unpaired) electrons. The molecule has 17 heavy (non-hydrogen) atoms. The van der Waals surface area contributed by atoms with Crippen LogP contribution in [0.3, 0.4) is 0 Å². The lowest BCUT2D eigenvalue weighted by atomic mass is 9.93. The van der Waals surface area contributed by atoms with Crippen LogP contribution in [-0.2, 0) is 0 Å². The van der Waals surface area contributed by atoms with E-state index in [0.717, 1.165) is 25.1 Å². The van der Waals surface area contributed by atoms with Gasteiger partial charge in [0.25, 0.3) is 0 Å². The van der Waals surface area contributed by atoms with Crippen LogP contribution in [0.2, 0.25) is 0 Å². The molecule has 3 rings (SSSR count). The minimum Gasteiger partial charge on any atom is -0.402 e. The van der Waals surface area contributed by atoms with Crippen LogP contribution in [0.1, 0.15) is 12.8 Å². The molecule has 1 aromatic rings. The minimum atomic E-state index is 0.913. The SMILES string of the molecule is NC1=CC=C(C2=c3ccccc3=CNC2)CC1. The Balaban J connectivity index is 2.19. The van der Waals surface area contributed by atoms with Gasteiger partial charge in [-0.25, -0.2) is 0 Å². The molecular weight excluding hydrogens is 208 g/mol. The van der Waals surface area contributed by atoms with E-state index in [1.807, 2.05) is 6.08 Å². The van der Waals surface area contributed by atoms with Crippen LogP contribution in [0.25, 0.3) is 11.8 Å². The zero-order chi connectivity index (χ0) is 11.7. The van der Waals surface area contributed by atoms with Gasteiger partial charge in [0.2, 0.25) is 0 Å². The van der Waals surface area contributed by atoms with Gasteiger partial charge in [-0.15, -0.1) is 0 Å². The van der Waals surface area contributed by atoms with Crippen molar-refractivity contribution in [2.24, 2.45) is 5.73 Å². The first-order chi connectivity index (χ1) is 8.34. The molecule has 2 nitrogen and oxygen atoms in total. The van der Waals surface area contributed by atoms with Crippen molar-refractivity contribution in [3.05, 3.63) is 58.1 Å². The van der Waals surface area contributed by atoms with E-state index in [9.17, 15) is 0 Å². The van der Waals surface area contributed by atoms with E-state index >= 15 is 0 Å². The molecule has 1 aliphatic carbocycles. The third-order valence-electron chi connectivity index (χ3n) is 3.39. The zero-order valence-electron chi connectivity index (χ0n) is 9.74. The van der Waals surface area contributed by atoms with Crippen molar-refractivity contribution in [3.63, 3.8) is 0 Å². The molecule has 0 unspecified atom stereocenters. The Morgan fingerprint density at radius 3 is 2.76 bits per heavy atom. The van der Waals surface area contributed by atoms with Gasteiger partial charge in [0.1, 0.15) is 0 Å². The molecule has 3 N–H and O–H groups in total. The molecule has 0 spiro atoms. The van der Waals surface area contributed by atoms with E-state index in [-0.39, 0.29) is 0 Å². The number of hydrogen-bond acceptors (Lipinski definition) is 2. The predicted molar refractivity (Wildman–Crippen MR) is 71.2 cm³/mol. The van der Waals surface area contributed by atoms with E-state index in [1.165, 1.54) is 21.6 Å². The van der Waals surface area contributed by atoms with Gasteiger partial charge in [-0.1, -0.05) is 30.3 Å². The van der Waals surface area contributed by atoms with Crippen molar-refractivity contribution in [1.29, 1.82) is 0 Å². The fourth-order valence-electron chi connectivity index (χ4n) is 2.45. The van der Waals surface area contributed by atoms with Crippen LogP contribution >= 0.6 is 0 Å². The highest BCUT2D eigenvalue weighted by Gasteiger charge is 2.11. The maximum Gasteiger partial charge on any atom is 0.0404 e. The standard InChI is InChI=1S/C15H16N2/c16-13-7-5-11(6-8-13)15-10-17-9-12-3-1-2-4-14(12)15/h1-5,7,9,17H,6,8,10,16H2. The molecule has 2 aliphatic rings. The summed E-state index contributed by atoms with van der Waals surface area (Å²) in [6.45, 7) is 0.913. The number of fused-ring (bicyclic) bond motifs is 1. The zero-order valence-corrected chi connectivity index (χ0v) is 9.74. The monoisotopic (exact) mass is 224 g/mol. The van der Waals surface area contributed by atoms with E-state index in [2.05, 4.69) is 41.9 Å². The number of benzene rings is 1. The maximum absolute atomic E-state index is 5.81. The normalized spacial score (nSPS) is 18.5. The van der Waals surface area contributed by atoms with Crippen molar-refractivity contribution in [1.82, 2.24) is 5.32 Å². The average Bonchev–Trinajstić information content (AvgIpc) is 2.39. The molecule has 1 aliphatic heterocycles. The van der Waals surface area contributed by atoms with Gasteiger partial charge in [0, 0.05) is 18.4 Å². The van der Waals surface area contributed by atoms with Crippen molar-refractivity contribution < 1.29 is 0 Å². The summed E-state index contributed by atoms with van der Waals surface area (Å²) in [5.74, 6) is 0. The Hall–Kier alpha value is -1.96. The largest absolute Gasteiger partial charge is 0.402 e. The van der Waals surface area contributed by atoms with Crippen molar-refractivity contribution in [2.45, 2.75) is 12.8 Å². The van der Waals surface area contributed by atoms with Gasteiger partial charge in [0.05, 0.1) is 0 Å². The summed E-state index contributed by atoms with van der Waals surface area (Å²) in [5.41, 5.74) is 9.61. The van der Waals surface area contributed by atoms with E-state index in [4.69, 9.17) is 5.73 Å². The van der Waals surface area contributed by atoms with Gasteiger partial charge >= 0.3 is 0 Å². The summed E-state index contributed by atoms with van der Waals surface area (Å²) in [6, 6.07) is 8.53. The van der Waals surface area contributed by atoms with Crippen LogP contribution in [0.5, 0.6) is 0 Å². The summed E-state index contributed by atoms with van der Waals surface area (Å²) >= 11 is 0. The van der Waals surface area contributed by atoms with Crippen LogP contribution in [0.15, 0.2) is 47.7 Å². The Morgan fingerprint density at radius 2 is 1.94 bits per heavy atom. The summed E-state index contributed by atoms with van der Waals surface area (Å²) < 4.78 is 0. The molecule has 0 saturated carbocycles. The first kappa shape index (κ1) is 10.2. The van der Waals surface area contributed by atoms with Gasteiger partial charge in [-0.3, -0.25) is 0 Å². The van der Waals surface area contributed by atoms with Crippen LogP contribution < -0.4 is 21.5 Å².